The lowest BCUT2D eigenvalue weighted by molar-refractivity contribution is 0.0726. The number of likely N-dealkylation sites (tertiary alicyclic amines) is 1. The SMILES string of the molecule is C[C@H]1C[C@@H](O)CN1C(=O)c1ccnc(C(=O)Nc2cccc([C@H](N)Sc3nncn3C)c2)c1. The smallest absolute Gasteiger partial charge is 0.274 e. The first-order valence-electron chi connectivity index (χ1n) is 10.4. The fraction of sp³-hybridized carbons (Fsp3) is 0.318. The standard InChI is InChI=1S/C22H25N7O3S/c1-13-8-17(30)11-29(13)21(32)15-6-7-24-18(10-15)20(31)26-16-5-3-4-14(9-16)19(23)33-22-27-25-12-28(22)2/h3-7,9-10,12-13,17,19,30H,8,11,23H2,1-2H3,(H,26,31)/t13-,17+,19+/m0/s1. The van der Waals surface area contributed by atoms with Gasteiger partial charge in [0.1, 0.15) is 12.0 Å². The molecule has 33 heavy (non-hydrogen) atoms. The van der Waals surface area contributed by atoms with Crippen molar-refractivity contribution in [3.05, 3.63) is 65.7 Å². The van der Waals surface area contributed by atoms with Crippen molar-refractivity contribution in [3.63, 3.8) is 0 Å². The molecule has 0 spiro atoms. The molecule has 3 atom stereocenters. The van der Waals surface area contributed by atoms with E-state index in [2.05, 4.69) is 20.5 Å². The number of hydrogen-bond acceptors (Lipinski definition) is 8. The summed E-state index contributed by atoms with van der Waals surface area (Å²) in [6, 6.07) is 10.2. The average molecular weight is 468 g/mol. The first kappa shape index (κ1) is 22.9. The minimum atomic E-state index is -0.529. The molecule has 3 heterocycles. The van der Waals surface area contributed by atoms with Crippen molar-refractivity contribution in [2.75, 3.05) is 11.9 Å². The van der Waals surface area contributed by atoms with Crippen LogP contribution in [0.1, 0.15) is 45.1 Å². The van der Waals surface area contributed by atoms with E-state index in [9.17, 15) is 14.7 Å². The summed E-state index contributed by atoms with van der Waals surface area (Å²) in [6.45, 7) is 2.17. The molecule has 1 aromatic carbocycles. The number of carbonyl (C=O) groups is 2. The fourth-order valence-corrected chi connectivity index (χ4v) is 4.51. The number of aromatic nitrogens is 4. The number of aryl methyl sites for hydroxylation is 1. The van der Waals surface area contributed by atoms with E-state index >= 15 is 0 Å². The first-order chi connectivity index (χ1) is 15.8. The van der Waals surface area contributed by atoms with E-state index in [1.165, 1.54) is 24.0 Å². The summed E-state index contributed by atoms with van der Waals surface area (Å²) >= 11 is 1.35. The number of pyridine rings is 1. The molecule has 10 nitrogen and oxygen atoms in total. The third-order valence-electron chi connectivity index (χ3n) is 5.43. The minimum Gasteiger partial charge on any atom is -0.391 e. The van der Waals surface area contributed by atoms with Gasteiger partial charge in [0.25, 0.3) is 11.8 Å². The summed E-state index contributed by atoms with van der Waals surface area (Å²) in [4.78, 5) is 31.4. The molecule has 11 heteroatoms. The molecule has 4 N–H and O–H groups in total. The zero-order valence-corrected chi connectivity index (χ0v) is 19.1. The van der Waals surface area contributed by atoms with Crippen LogP contribution in [0.3, 0.4) is 0 Å². The Kier molecular flexibility index (Phi) is 6.72. The quantitative estimate of drug-likeness (QED) is 0.368. The van der Waals surface area contributed by atoms with Crippen LogP contribution < -0.4 is 11.1 Å². The number of nitrogens with zero attached hydrogens (tertiary/aromatic N) is 5. The molecule has 2 amide bonds. The maximum atomic E-state index is 12.8. The molecule has 0 radical (unpaired) electrons. The minimum absolute atomic E-state index is 0.0655. The Morgan fingerprint density at radius 2 is 2.12 bits per heavy atom. The topological polar surface area (TPSA) is 139 Å². The number of β-amino-alcohol motifs (C(OH)–C–C–N with tert-alkyl or cyclic N) is 1. The number of hydrogen-bond donors (Lipinski definition) is 3. The van der Waals surface area contributed by atoms with Crippen molar-refractivity contribution in [1.82, 2.24) is 24.6 Å². The molecule has 0 saturated carbocycles. The van der Waals surface area contributed by atoms with Crippen LogP contribution in [0.5, 0.6) is 0 Å². The number of benzene rings is 1. The number of carbonyl (C=O) groups excluding carboxylic acids is 2. The molecule has 2 aromatic heterocycles. The number of thioether (sulfide) groups is 1. The van der Waals surface area contributed by atoms with Crippen LogP contribution in [0, 0.1) is 0 Å². The largest absolute Gasteiger partial charge is 0.391 e. The molecule has 1 aliphatic heterocycles. The summed E-state index contributed by atoms with van der Waals surface area (Å²) in [6.07, 6.45) is 3.05. The Bertz CT molecular complexity index is 1170. The van der Waals surface area contributed by atoms with Crippen molar-refractivity contribution in [2.24, 2.45) is 12.8 Å². The Labute approximate surface area is 195 Å². The lowest BCUT2D eigenvalue weighted by Crippen LogP contribution is -2.34. The van der Waals surface area contributed by atoms with Gasteiger partial charge in [0.2, 0.25) is 0 Å². The number of aliphatic hydroxyl groups excluding tert-OH is 1. The van der Waals surface area contributed by atoms with Crippen LogP contribution in [-0.2, 0) is 7.05 Å². The van der Waals surface area contributed by atoms with Crippen molar-refractivity contribution >= 4 is 29.3 Å². The van der Waals surface area contributed by atoms with Crippen molar-refractivity contribution in [2.45, 2.75) is 36.0 Å². The molecule has 3 aromatic rings. The number of nitrogens with one attached hydrogen (secondary N) is 1. The molecule has 1 saturated heterocycles. The summed E-state index contributed by atoms with van der Waals surface area (Å²) in [5, 5.41) is 20.8. The van der Waals surface area contributed by atoms with E-state index in [0.29, 0.717) is 22.8 Å². The van der Waals surface area contributed by atoms with E-state index < -0.39 is 17.4 Å². The molecule has 0 aliphatic carbocycles. The second-order valence-corrected chi connectivity index (χ2v) is 9.08. The van der Waals surface area contributed by atoms with E-state index in [0.717, 1.165) is 5.56 Å². The van der Waals surface area contributed by atoms with Gasteiger partial charge in [0.05, 0.1) is 11.5 Å². The van der Waals surface area contributed by atoms with Gasteiger partial charge in [-0.05, 0) is 43.2 Å². The van der Waals surface area contributed by atoms with Gasteiger partial charge in [-0.1, -0.05) is 23.9 Å². The van der Waals surface area contributed by atoms with E-state index in [1.54, 1.807) is 40.1 Å². The van der Waals surface area contributed by atoms with Crippen LogP contribution in [0.4, 0.5) is 5.69 Å². The summed E-state index contributed by atoms with van der Waals surface area (Å²) in [7, 11) is 1.84. The van der Waals surface area contributed by atoms with Crippen molar-refractivity contribution in [3.8, 4) is 0 Å². The highest BCUT2D eigenvalue weighted by Crippen LogP contribution is 2.30. The van der Waals surface area contributed by atoms with Gasteiger partial charge in [-0.15, -0.1) is 10.2 Å². The predicted molar refractivity (Wildman–Crippen MR) is 124 cm³/mol. The van der Waals surface area contributed by atoms with Crippen LogP contribution in [0.2, 0.25) is 0 Å². The number of rotatable bonds is 6. The summed E-state index contributed by atoms with van der Waals surface area (Å²) < 4.78 is 1.78. The highest BCUT2D eigenvalue weighted by atomic mass is 32.2. The summed E-state index contributed by atoms with van der Waals surface area (Å²) in [5.74, 6) is -0.671. The Morgan fingerprint density at radius 3 is 2.82 bits per heavy atom. The van der Waals surface area contributed by atoms with Gasteiger partial charge in [-0.25, -0.2) is 0 Å². The molecule has 0 unspecified atom stereocenters. The molecule has 4 rings (SSSR count). The normalized spacial score (nSPS) is 18.8. The molecular weight excluding hydrogens is 442 g/mol. The summed E-state index contributed by atoms with van der Waals surface area (Å²) in [5.41, 5.74) is 8.13. The third kappa shape index (κ3) is 5.21. The predicted octanol–water partition coefficient (Wildman–Crippen LogP) is 1.81. The van der Waals surface area contributed by atoms with Gasteiger partial charge >= 0.3 is 0 Å². The lowest BCUT2D eigenvalue weighted by Gasteiger charge is -2.21. The zero-order chi connectivity index (χ0) is 23.5. The maximum absolute atomic E-state index is 12.8. The van der Waals surface area contributed by atoms with Crippen molar-refractivity contribution in [1.29, 1.82) is 0 Å². The number of aliphatic hydroxyl groups is 1. The molecule has 0 bridgehead atoms. The maximum Gasteiger partial charge on any atom is 0.274 e. The molecule has 1 aliphatic rings. The van der Waals surface area contributed by atoms with Crippen molar-refractivity contribution < 1.29 is 14.7 Å². The van der Waals surface area contributed by atoms with Gasteiger partial charge in [-0.2, -0.15) is 0 Å². The van der Waals surface area contributed by atoms with Gasteiger partial charge in [0, 0.05) is 37.1 Å². The Balaban J connectivity index is 1.45. The van der Waals surface area contributed by atoms with E-state index in [4.69, 9.17) is 5.73 Å². The van der Waals surface area contributed by atoms with E-state index in [-0.39, 0.29) is 24.2 Å². The Hall–Kier alpha value is -3.28. The molecule has 1 fully saturated rings. The van der Waals surface area contributed by atoms with Crippen LogP contribution in [0.15, 0.2) is 54.1 Å². The molecular formula is C22H25N7O3S. The number of amides is 2. The highest BCUT2D eigenvalue weighted by molar-refractivity contribution is 7.99. The van der Waals surface area contributed by atoms with Gasteiger partial charge in [0.15, 0.2) is 5.16 Å². The zero-order valence-electron chi connectivity index (χ0n) is 18.3. The van der Waals surface area contributed by atoms with Crippen LogP contribution >= 0.6 is 11.8 Å². The second-order valence-electron chi connectivity index (χ2n) is 7.97. The van der Waals surface area contributed by atoms with Crippen LogP contribution in [0.25, 0.3) is 0 Å². The highest BCUT2D eigenvalue weighted by Gasteiger charge is 2.32. The van der Waals surface area contributed by atoms with E-state index in [1.807, 2.05) is 20.0 Å². The average Bonchev–Trinajstić information content (AvgIpc) is 3.37. The lowest BCUT2D eigenvalue weighted by atomic mass is 10.1. The Morgan fingerprint density at radius 1 is 1.30 bits per heavy atom. The first-order valence-corrected chi connectivity index (χ1v) is 11.3. The van der Waals surface area contributed by atoms with Crippen LogP contribution in [-0.4, -0.2) is 60.3 Å². The monoisotopic (exact) mass is 467 g/mol. The fourth-order valence-electron chi connectivity index (χ4n) is 3.69. The number of nitrogens with two attached hydrogens (primary N) is 1. The van der Waals surface area contributed by atoms with Gasteiger partial charge < -0.3 is 25.6 Å². The third-order valence-corrected chi connectivity index (χ3v) is 6.53. The second kappa shape index (κ2) is 9.69. The molecule has 172 valence electrons. The van der Waals surface area contributed by atoms with Gasteiger partial charge in [-0.3, -0.25) is 14.6 Å². The number of anilines is 1.